The number of amides is 2. The first kappa shape index (κ1) is 16.1. The maximum atomic E-state index is 13.3. The first-order valence-corrected chi connectivity index (χ1v) is 8.82. The van der Waals surface area contributed by atoms with Crippen LogP contribution in [0.5, 0.6) is 0 Å². The summed E-state index contributed by atoms with van der Waals surface area (Å²) in [6.07, 6.45) is 0. The Hall–Kier alpha value is -3.12. The Morgan fingerprint density at radius 2 is 1.37 bits per heavy atom. The number of para-hydroxylation sites is 1. The Labute approximate surface area is 155 Å². The monoisotopic (exact) mass is 360 g/mol. The van der Waals surface area contributed by atoms with E-state index in [1.54, 1.807) is 66.5 Å². The average molecular weight is 360 g/mol. The molecule has 0 N–H and O–H groups in total. The van der Waals surface area contributed by atoms with Gasteiger partial charge >= 0.3 is 0 Å². The quantitative estimate of drug-likeness (QED) is 0.570. The molecule has 27 heavy (non-hydrogen) atoms. The van der Waals surface area contributed by atoms with E-state index < -0.39 is 23.3 Å². The Morgan fingerprint density at radius 1 is 0.815 bits per heavy atom. The molecule has 3 aliphatic rings. The van der Waals surface area contributed by atoms with E-state index in [9.17, 15) is 19.2 Å². The fraction of sp³-hybridized carbons (Fsp3) is 0.238. The van der Waals surface area contributed by atoms with E-state index in [2.05, 4.69) is 0 Å². The zero-order chi connectivity index (χ0) is 18.9. The van der Waals surface area contributed by atoms with E-state index in [4.69, 9.17) is 0 Å². The van der Waals surface area contributed by atoms with Gasteiger partial charge in [0.05, 0.1) is 17.5 Å². The van der Waals surface area contributed by atoms with Crippen LogP contribution in [0.1, 0.15) is 20.7 Å². The van der Waals surface area contributed by atoms with Crippen LogP contribution in [0.15, 0.2) is 54.6 Å². The minimum atomic E-state index is -1.62. The lowest BCUT2D eigenvalue weighted by molar-refractivity contribution is -0.123. The van der Waals surface area contributed by atoms with Crippen LogP contribution in [0.4, 0.5) is 5.69 Å². The highest BCUT2D eigenvalue weighted by Gasteiger charge is 2.72. The number of likely N-dealkylation sites (tertiary alicyclic amines) is 1. The van der Waals surface area contributed by atoms with E-state index in [-0.39, 0.29) is 24.0 Å². The summed E-state index contributed by atoms with van der Waals surface area (Å²) in [6.45, 7) is 0.198. The van der Waals surface area contributed by atoms with Gasteiger partial charge in [0.2, 0.25) is 11.8 Å². The lowest BCUT2D eigenvalue weighted by Crippen LogP contribution is -2.58. The first-order valence-electron chi connectivity index (χ1n) is 8.82. The van der Waals surface area contributed by atoms with Gasteiger partial charge in [-0.2, -0.15) is 0 Å². The van der Waals surface area contributed by atoms with Crippen molar-refractivity contribution in [2.45, 2.75) is 5.54 Å². The molecule has 0 bridgehead atoms. The summed E-state index contributed by atoms with van der Waals surface area (Å²) < 4.78 is 0. The van der Waals surface area contributed by atoms with Gasteiger partial charge in [-0.15, -0.1) is 0 Å². The van der Waals surface area contributed by atoms with Crippen molar-refractivity contribution in [2.75, 3.05) is 18.5 Å². The van der Waals surface area contributed by atoms with Gasteiger partial charge in [-0.05, 0) is 19.2 Å². The van der Waals surface area contributed by atoms with E-state index in [0.717, 1.165) is 4.90 Å². The maximum absolute atomic E-state index is 13.3. The summed E-state index contributed by atoms with van der Waals surface area (Å²) in [5, 5.41) is 0. The number of hydrogen-bond donors (Lipinski definition) is 0. The molecule has 1 aliphatic carbocycles. The molecule has 0 radical (unpaired) electrons. The van der Waals surface area contributed by atoms with Gasteiger partial charge in [-0.3, -0.25) is 24.1 Å². The lowest BCUT2D eigenvalue weighted by Gasteiger charge is -2.32. The second kappa shape index (κ2) is 5.20. The molecular weight excluding hydrogens is 344 g/mol. The maximum Gasteiger partial charge on any atom is 0.240 e. The van der Waals surface area contributed by atoms with E-state index in [1.165, 1.54) is 0 Å². The third-order valence-corrected chi connectivity index (χ3v) is 6.07. The Kier molecular flexibility index (Phi) is 3.10. The number of imide groups is 1. The van der Waals surface area contributed by atoms with Crippen molar-refractivity contribution in [3.05, 3.63) is 65.7 Å². The van der Waals surface area contributed by atoms with Crippen LogP contribution in [-0.4, -0.2) is 47.4 Å². The van der Waals surface area contributed by atoms with Crippen LogP contribution in [0, 0.1) is 11.8 Å². The molecule has 6 heteroatoms. The van der Waals surface area contributed by atoms with Crippen LogP contribution in [0.25, 0.3) is 0 Å². The summed E-state index contributed by atoms with van der Waals surface area (Å²) >= 11 is 0. The van der Waals surface area contributed by atoms with E-state index >= 15 is 0 Å². The van der Waals surface area contributed by atoms with Gasteiger partial charge in [0, 0.05) is 17.7 Å². The normalized spacial score (nSPS) is 26.2. The highest BCUT2D eigenvalue weighted by molar-refractivity contribution is 6.37. The smallest absolute Gasteiger partial charge is 0.240 e. The molecular formula is C21H16N2O4. The van der Waals surface area contributed by atoms with E-state index in [1.807, 2.05) is 0 Å². The predicted octanol–water partition coefficient (Wildman–Crippen LogP) is 1.56. The first-order chi connectivity index (χ1) is 13.0. The van der Waals surface area contributed by atoms with Crippen LogP contribution in [-0.2, 0) is 9.59 Å². The largest absolute Gasteiger partial charge is 0.291 e. The van der Waals surface area contributed by atoms with Crippen molar-refractivity contribution < 1.29 is 19.2 Å². The molecule has 6 nitrogen and oxygen atoms in total. The molecule has 5 rings (SSSR count). The van der Waals surface area contributed by atoms with Gasteiger partial charge in [-0.25, -0.2) is 4.90 Å². The van der Waals surface area contributed by atoms with Gasteiger partial charge in [0.1, 0.15) is 0 Å². The van der Waals surface area contributed by atoms with Crippen molar-refractivity contribution in [2.24, 2.45) is 11.8 Å². The van der Waals surface area contributed by atoms with Crippen LogP contribution < -0.4 is 4.90 Å². The number of hydrogen-bond acceptors (Lipinski definition) is 5. The molecule has 2 fully saturated rings. The summed E-state index contributed by atoms with van der Waals surface area (Å²) in [7, 11) is 1.65. The van der Waals surface area contributed by atoms with Crippen molar-refractivity contribution in [1.82, 2.24) is 4.90 Å². The molecule has 134 valence electrons. The van der Waals surface area contributed by atoms with Crippen molar-refractivity contribution in [1.29, 1.82) is 0 Å². The van der Waals surface area contributed by atoms with Crippen molar-refractivity contribution in [3.8, 4) is 0 Å². The van der Waals surface area contributed by atoms with Gasteiger partial charge in [0.15, 0.2) is 17.1 Å². The van der Waals surface area contributed by atoms with Crippen molar-refractivity contribution >= 4 is 29.1 Å². The second-order valence-electron chi connectivity index (χ2n) is 7.28. The van der Waals surface area contributed by atoms with Crippen LogP contribution >= 0.6 is 0 Å². The molecule has 2 saturated heterocycles. The zero-order valence-corrected chi connectivity index (χ0v) is 14.6. The Bertz CT molecular complexity index is 994. The standard InChI is InChI=1S/C21H16N2O4/c1-22-11-15-16(20(27)23(19(15)26)12-7-3-2-4-8-12)21(22)17(24)13-9-5-6-10-14(13)18(21)25/h2-10,15-16H,11H2,1H3. The van der Waals surface area contributed by atoms with Gasteiger partial charge in [0.25, 0.3) is 0 Å². The van der Waals surface area contributed by atoms with Crippen LogP contribution in [0.2, 0.25) is 0 Å². The number of ketones is 2. The number of likely N-dealkylation sites (N-methyl/N-ethyl adjacent to an activating group) is 1. The molecule has 2 aromatic carbocycles. The zero-order valence-electron chi connectivity index (χ0n) is 14.6. The lowest BCUT2D eigenvalue weighted by atomic mass is 9.77. The molecule has 2 aromatic rings. The molecule has 2 heterocycles. The molecule has 1 spiro atoms. The highest BCUT2D eigenvalue weighted by Crippen LogP contribution is 2.51. The summed E-state index contributed by atoms with van der Waals surface area (Å²) in [4.78, 5) is 55.8. The fourth-order valence-corrected chi connectivity index (χ4v) is 4.91. The summed E-state index contributed by atoms with van der Waals surface area (Å²) in [5.41, 5.74) is -0.498. The Balaban J connectivity index is 1.67. The molecule has 2 atom stereocenters. The SMILES string of the molecule is CN1CC2C(=O)N(c3ccccc3)C(=O)C2C12C(=O)c1ccccc1C2=O. The number of fused-ring (bicyclic) bond motifs is 3. The van der Waals surface area contributed by atoms with Crippen LogP contribution in [0.3, 0.4) is 0 Å². The second-order valence-corrected chi connectivity index (χ2v) is 7.28. The molecule has 0 saturated carbocycles. The molecule has 2 unspecified atom stereocenters. The summed E-state index contributed by atoms with van der Waals surface area (Å²) in [5.74, 6) is -3.29. The summed E-state index contributed by atoms with van der Waals surface area (Å²) in [6, 6.07) is 15.3. The number of benzene rings is 2. The third kappa shape index (κ3) is 1.73. The molecule has 2 aliphatic heterocycles. The van der Waals surface area contributed by atoms with E-state index in [0.29, 0.717) is 16.8 Å². The average Bonchev–Trinajstić information content (AvgIpc) is 3.21. The predicted molar refractivity (Wildman–Crippen MR) is 96.4 cm³/mol. The number of Topliss-reactive ketones (excluding diaryl/α,β-unsaturated/α-hetero) is 2. The minimum absolute atomic E-state index is 0.198. The Morgan fingerprint density at radius 3 is 1.96 bits per heavy atom. The van der Waals surface area contributed by atoms with Gasteiger partial charge in [-0.1, -0.05) is 42.5 Å². The fourth-order valence-electron chi connectivity index (χ4n) is 4.91. The number of carbonyl (C=O) groups excluding carboxylic acids is 4. The number of nitrogens with zero attached hydrogens (tertiary/aromatic N) is 2. The highest BCUT2D eigenvalue weighted by atomic mass is 16.2. The molecule has 2 amide bonds. The number of anilines is 1. The minimum Gasteiger partial charge on any atom is -0.291 e. The molecule has 0 aromatic heterocycles. The van der Waals surface area contributed by atoms with Crippen molar-refractivity contribution in [3.63, 3.8) is 0 Å². The topological polar surface area (TPSA) is 74.8 Å². The number of carbonyl (C=O) groups is 4. The van der Waals surface area contributed by atoms with Gasteiger partial charge < -0.3 is 0 Å². The number of rotatable bonds is 1. The third-order valence-electron chi connectivity index (χ3n) is 6.07.